The molecular weight excluding hydrogens is 376 g/mol. The molecule has 0 aliphatic carbocycles. The molecule has 2 aromatic carbocycles. The summed E-state index contributed by atoms with van der Waals surface area (Å²) >= 11 is 0. The molecule has 30 heavy (non-hydrogen) atoms. The molecule has 4 rings (SSSR count). The van der Waals surface area contributed by atoms with E-state index < -0.39 is 0 Å². The second-order valence-electron chi connectivity index (χ2n) is 7.05. The molecule has 0 radical (unpaired) electrons. The Kier molecular flexibility index (Phi) is 5.57. The summed E-state index contributed by atoms with van der Waals surface area (Å²) in [5.41, 5.74) is 8.50. The molecule has 0 fully saturated rings. The van der Waals surface area contributed by atoms with E-state index in [1.165, 1.54) is 0 Å². The van der Waals surface area contributed by atoms with E-state index in [0.29, 0.717) is 5.75 Å². The Balaban J connectivity index is 1.38. The molecule has 0 aliphatic rings. The maximum absolute atomic E-state index is 12.2. The lowest BCUT2D eigenvalue weighted by atomic mass is 10.0. The Morgan fingerprint density at radius 3 is 2.73 bits per heavy atom. The van der Waals surface area contributed by atoms with Crippen molar-refractivity contribution in [3.8, 4) is 16.9 Å². The van der Waals surface area contributed by atoms with Gasteiger partial charge in [-0.25, -0.2) is 5.43 Å². The van der Waals surface area contributed by atoms with Crippen molar-refractivity contribution >= 4 is 23.0 Å². The highest BCUT2D eigenvalue weighted by atomic mass is 16.5. The van der Waals surface area contributed by atoms with Gasteiger partial charge in [0.1, 0.15) is 5.75 Å². The zero-order valence-corrected chi connectivity index (χ0v) is 16.8. The highest BCUT2D eigenvalue weighted by molar-refractivity contribution is 5.98. The summed E-state index contributed by atoms with van der Waals surface area (Å²) < 4.78 is 5.77. The molecule has 1 amide bonds. The number of rotatable bonds is 6. The third kappa shape index (κ3) is 4.22. The summed E-state index contributed by atoms with van der Waals surface area (Å²) in [6.07, 6.45) is 7.08. The zero-order chi connectivity index (χ0) is 20.9. The summed E-state index contributed by atoms with van der Waals surface area (Å²) in [5.74, 6) is 0.390. The molecule has 6 nitrogen and oxygen atoms in total. The number of aromatic nitrogens is 2. The Hall–Kier alpha value is -3.93. The number of ether oxygens (including phenoxy) is 1. The van der Waals surface area contributed by atoms with Crippen LogP contribution in [0.4, 0.5) is 0 Å². The van der Waals surface area contributed by atoms with Crippen LogP contribution in [0.5, 0.6) is 5.75 Å². The average Bonchev–Trinajstić information content (AvgIpc) is 3.23. The first kappa shape index (κ1) is 19.4. The SMILES string of the molecule is Cc1cc(-c2cccnc2)cc(C)c1OCC(=O)N/N=C/c1cccc2[nH]ccc12. The Morgan fingerprint density at radius 2 is 1.97 bits per heavy atom. The fourth-order valence-electron chi connectivity index (χ4n) is 3.44. The Labute approximate surface area is 174 Å². The summed E-state index contributed by atoms with van der Waals surface area (Å²) in [7, 11) is 0. The lowest BCUT2D eigenvalue weighted by Gasteiger charge is -2.13. The van der Waals surface area contributed by atoms with Gasteiger partial charge in [-0.3, -0.25) is 9.78 Å². The van der Waals surface area contributed by atoms with Crippen LogP contribution in [-0.4, -0.2) is 28.7 Å². The third-order valence-electron chi connectivity index (χ3n) is 4.82. The molecule has 0 aliphatic heterocycles. The molecule has 2 aromatic heterocycles. The number of H-pyrrole nitrogens is 1. The van der Waals surface area contributed by atoms with Crippen molar-refractivity contribution in [3.63, 3.8) is 0 Å². The van der Waals surface area contributed by atoms with Gasteiger partial charge in [0.05, 0.1) is 6.21 Å². The highest BCUT2D eigenvalue weighted by Gasteiger charge is 2.10. The van der Waals surface area contributed by atoms with Crippen LogP contribution in [0.1, 0.15) is 16.7 Å². The van der Waals surface area contributed by atoms with E-state index in [2.05, 4.69) is 20.5 Å². The van der Waals surface area contributed by atoms with Crippen molar-refractivity contribution in [1.29, 1.82) is 0 Å². The maximum Gasteiger partial charge on any atom is 0.277 e. The molecule has 0 saturated heterocycles. The van der Waals surface area contributed by atoms with Gasteiger partial charge in [-0.15, -0.1) is 0 Å². The average molecular weight is 398 g/mol. The normalized spacial score (nSPS) is 11.1. The fourth-order valence-corrected chi connectivity index (χ4v) is 3.44. The number of aryl methyl sites for hydroxylation is 2. The number of amides is 1. The van der Waals surface area contributed by atoms with E-state index in [1.54, 1.807) is 12.4 Å². The second-order valence-corrected chi connectivity index (χ2v) is 7.05. The van der Waals surface area contributed by atoms with Crippen molar-refractivity contribution < 1.29 is 9.53 Å². The number of nitrogens with one attached hydrogen (secondary N) is 2. The van der Waals surface area contributed by atoms with Gasteiger partial charge in [0.25, 0.3) is 5.91 Å². The number of hydrazone groups is 1. The standard InChI is InChI=1S/C24H22N4O2/c1-16-11-20(18-6-4-9-25-13-18)12-17(2)24(16)30-15-23(29)28-27-14-19-5-3-7-22-21(19)8-10-26-22/h3-14,26H,15H2,1-2H3,(H,28,29)/b27-14+. The third-order valence-corrected chi connectivity index (χ3v) is 4.82. The predicted molar refractivity (Wildman–Crippen MR) is 119 cm³/mol. The van der Waals surface area contributed by atoms with E-state index in [4.69, 9.17) is 4.74 Å². The minimum atomic E-state index is -0.317. The van der Waals surface area contributed by atoms with Crippen molar-refractivity contribution in [1.82, 2.24) is 15.4 Å². The van der Waals surface area contributed by atoms with Gasteiger partial charge in [0, 0.05) is 40.6 Å². The van der Waals surface area contributed by atoms with Gasteiger partial charge in [-0.2, -0.15) is 5.10 Å². The molecule has 2 N–H and O–H groups in total. The molecule has 150 valence electrons. The topological polar surface area (TPSA) is 79.4 Å². The lowest BCUT2D eigenvalue weighted by Crippen LogP contribution is -2.25. The van der Waals surface area contributed by atoms with Crippen LogP contribution in [0.25, 0.3) is 22.0 Å². The summed E-state index contributed by atoms with van der Waals surface area (Å²) in [4.78, 5) is 19.5. The van der Waals surface area contributed by atoms with Crippen molar-refractivity contribution in [2.45, 2.75) is 13.8 Å². The number of carbonyl (C=O) groups excluding carboxylic acids is 1. The van der Waals surface area contributed by atoms with Crippen LogP contribution in [0, 0.1) is 13.8 Å². The quantitative estimate of drug-likeness (QED) is 0.374. The molecular formula is C24H22N4O2. The van der Waals surface area contributed by atoms with E-state index in [9.17, 15) is 4.79 Å². The molecule has 4 aromatic rings. The molecule has 6 heteroatoms. The van der Waals surface area contributed by atoms with E-state index in [1.807, 2.05) is 74.8 Å². The number of hydrogen-bond acceptors (Lipinski definition) is 4. The number of fused-ring (bicyclic) bond motifs is 1. The Morgan fingerprint density at radius 1 is 1.13 bits per heavy atom. The van der Waals surface area contributed by atoms with Gasteiger partial charge in [-0.1, -0.05) is 18.2 Å². The highest BCUT2D eigenvalue weighted by Crippen LogP contribution is 2.29. The van der Waals surface area contributed by atoms with Crippen LogP contribution in [0.3, 0.4) is 0 Å². The smallest absolute Gasteiger partial charge is 0.277 e. The largest absolute Gasteiger partial charge is 0.483 e. The molecule has 0 atom stereocenters. The molecule has 0 unspecified atom stereocenters. The Bertz CT molecular complexity index is 1190. The number of carbonyl (C=O) groups is 1. The number of nitrogens with zero attached hydrogens (tertiary/aromatic N) is 2. The fraction of sp³-hybridized carbons (Fsp3) is 0.125. The van der Waals surface area contributed by atoms with E-state index in [-0.39, 0.29) is 12.5 Å². The van der Waals surface area contributed by atoms with E-state index >= 15 is 0 Å². The predicted octanol–water partition coefficient (Wildman–Crippen LogP) is 4.38. The molecule has 0 saturated carbocycles. The van der Waals surface area contributed by atoms with Gasteiger partial charge in [-0.05, 0) is 60.9 Å². The second kappa shape index (κ2) is 8.61. The zero-order valence-electron chi connectivity index (χ0n) is 16.8. The molecule has 2 heterocycles. The van der Waals surface area contributed by atoms with Crippen LogP contribution < -0.4 is 10.2 Å². The van der Waals surface area contributed by atoms with Crippen LogP contribution >= 0.6 is 0 Å². The maximum atomic E-state index is 12.2. The number of aromatic amines is 1. The molecule has 0 spiro atoms. The first-order chi connectivity index (χ1) is 14.6. The van der Waals surface area contributed by atoms with Gasteiger partial charge in [0.2, 0.25) is 0 Å². The molecule has 0 bridgehead atoms. The first-order valence-electron chi connectivity index (χ1n) is 9.64. The minimum absolute atomic E-state index is 0.111. The summed E-state index contributed by atoms with van der Waals surface area (Å²) in [6, 6.07) is 15.8. The number of benzene rings is 2. The van der Waals surface area contributed by atoms with Gasteiger partial charge in [0.15, 0.2) is 6.61 Å². The number of pyridine rings is 1. The van der Waals surface area contributed by atoms with Gasteiger partial charge >= 0.3 is 0 Å². The van der Waals surface area contributed by atoms with Crippen molar-refractivity contribution in [3.05, 3.63) is 83.8 Å². The van der Waals surface area contributed by atoms with Crippen LogP contribution in [-0.2, 0) is 4.79 Å². The van der Waals surface area contributed by atoms with Crippen molar-refractivity contribution in [2.24, 2.45) is 5.10 Å². The van der Waals surface area contributed by atoms with Gasteiger partial charge < -0.3 is 9.72 Å². The number of hydrogen-bond donors (Lipinski definition) is 2. The van der Waals surface area contributed by atoms with Crippen molar-refractivity contribution in [2.75, 3.05) is 6.61 Å². The first-order valence-corrected chi connectivity index (χ1v) is 9.64. The lowest BCUT2D eigenvalue weighted by molar-refractivity contribution is -0.123. The minimum Gasteiger partial charge on any atom is -0.483 e. The van der Waals surface area contributed by atoms with Crippen LogP contribution in [0.2, 0.25) is 0 Å². The van der Waals surface area contributed by atoms with Crippen LogP contribution in [0.15, 0.2) is 72.2 Å². The monoisotopic (exact) mass is 398 g/mol. The summed E-state index contributed by atoms with van der Waals surface area (Å²) in [5, 5.41) is 5.10. The summed E-state index contributed by atoms with van der Waals surface area (Å²) in [6.45, 7) is 3.82. The van der Waals surface area contributed by atoms with E-state index in [0.717, 1.165) is 38.7 Å².